The number of pyridine rings is 1. The smallest absolute Gasteiger partial charge is 0.222 e. The predicted octanol–water partition coefficient (Wildman–Crippen LogP) is 6.25. The van der Waals surface area contributed by atoms with Crippen LogP contribution in [0.3, 0.4) is 0 Å². The lowest BCUT2D eigenvalue weighted by atomic mass is 9.83. The summed E-state index contributed by atoms with van der Waals surface area (Å²) < 4.78 is 7.29. The molecule has 1 saturated carbocycles. The first-order valence-corrected chi connectivity index (χ1v) is 11.1. The summed E-state index contributed by atoms with van der Waals surface area (Å²) in [4.78, 5) is 9.09. The summed E-state index contributed by atoms with van der Waals surface area (Å²) >= 11 is 1.64. The number of fused-ring (bicyclic) bond motifs is 1. The van der Waals surface area contributed by atoms with Crippen molar-refractivity contribution in [3.63, 3.8) is 0 Å². The van der Waals surface area contributed by atoms with Gasteiger partial charge >= 0.3 is 0 Å². The van der Waals surface area contributed by atoms with Gasteiger partial charge in [0.1, 0.15) is 5.75 Å². The van der Waals surface area contributed by atoms with Gasteiger partial charge in [0.15, 0.2) is 5.13 Å². The van der Waals surface area contributed by atoms with Gasteiger partial charge in [-0.05, 0) is 74.1 Å². The third kappa shape index (κ3) is 4.15. The maximum absolute atomic E-state index is 9.79. The molecule has 2 heterocycles. The van der Waals surface area contributed by atoms with Gasteiger partial charge in [0.05, 0.1) is 16.3 Å². The minimum Gasteiger partial charge on any atom is -0.439 e. The Kier molecular flexibility index (Phi) is 5.34. The number of rotatable bonds is 5. The summed E-state index contributed by atoms with van der Waals surface area (Å²) in [5, 5.41) is 14.0. The van der Waals surface area contributed by atoms with Gasteiger partial charge in [-0.25, -0.2) is 9.97 Å². The number of hydrogen-bond donors (Lipinski definition) is 2. The Morgan fingerprint density at radius 2 is 1.73 bits per heavy atom. The van der Waals surface area contributed by atoms with Gasteiger partial charge in [0.25, 0.3) is 0 Å². The molecule has 6 heteroatoms. The zero-order valence-electron chi connectivity index (χ0n) is 16.5. The molecule has 30 heavy (non-hydrogen) atoms. The molecule has 0 unspecified atom stereocenters. The molecule has 0 bridgehead atoms. The summed E-state index contributed by atoms with van der Waals surface area (Å²) in [6, 6.07) is 20.0. The van der Waals surface area contributed by atoms with Crippen molar-refractivity contribution in [3.05, 3.63) is 72.4 Å². The van der Waals surface area contributed by atoms with Crippen molar-refractivity contribution < 1.29 is 9.84 Å². The van der Waals surface area contributed by atoms with Gasteiger partial charge in [-0.15, -0.1) is 0 Å². The lowest BCUT2D eigenvalue weighted by Crippen LogP contribution is -2.17. The van der Waals surface area contributed by atoms with Crippen molar-refractivity contribution in [1.82, 2.24) is 9.97 Å². The Balaban J connectivity index is 1.29. The molecule has 0 atom stereocenters. The van der Waals surface area contributed by atoms with Gasteiger partial charge in [0, 0.05) is 17.4 Å². The number of aliphatic hydroxyl groups is 1. The van der Waals surface area contributed by atoms with Crippen LogP contribution in [0.25, 0.3) is 10.2 Å². The van der Waals surface area contributed by atoms with E-state index in [1.54, 1.807) is 17.5 Å². The number of nitrogens with one attached hydrogen (secondary N) is 1. The number of hydrogen-bond acceptors (Lipinski definition) is 6. The maximum Gasteiger partial charge on any atom is 0.222 e. The average molecular weight is 418 g/mol. The number of benzene rings is 2. The molecule has 1 fully saturated rings. The number of anilines is 2. The van der Waals surface area contributed by atoms with Crippen molar-refractivity contribution in [3.8, 4) is 11.6 Å². The standard InChI is InChI=1S/C24H23N3O2S/c28-18-11-7-16(8-12-18)20-4-3-15-25-23(20)29-19-13-9-17(10-14-19)26-24-27-21-5-1-2-6-22(21)30-24/h1-6,9-10,13-16,18,28H,7-8,11-12H2,(H,26,27). The van der Waals surface area contributed by atoms with E-state index in [0.29, 0.717) is 11.8 Å². The normalized spacial score (nSPS) is 19.0. The molecule has 1 aliphatic carbocycles. The fraction of sp³-hybridized carbons (Fsp3) is 0.250. The molecule has 1 aliphatic rings. The Labute approximate surface area is 179 Å². The van der Waals surface area contributed by atoms with E-state index in [4.69, 9.17) is 4.74 Å². The first kappa shape index (κ1) is 19.0. The number of nitrogens with zero attached hydrogens (tertiary/aromatic N) is 2. The largest absolute Gasteiger partial charge is 0.439 e. The van der Waals surface area contributed by atoms with Crippen molar-refractivity contribution in [2.75, 3.05) is 5.32 Å². The van der Waals surface area contributed by atoms with E-state index >= 15 is 0 Å². The minimum atomic E-state index is -0.169. The van der Waals surface area contributed by atoms with Crippen LogP contribution in [-0.4, -0.2) is 21.2 Å². The number of para-hydroxylation sites is 1. The average Bonchev–Trinajstić information content (AvgIpc) is 3.18. The Bertz CT molecular complexity index is 1100. The molecular weight excluding hydrogens is 394 g/mol. The topological polar surface area (TPSA) is 67.3 Å². The van der Waals surface area contributed by atoms with Crippen LogP contribution in [0, 0.1) is 0 Å². The van der Waals surface area contributed by atoms with Crippen molar-refractivity contribution in [1.29, 1.82) is 0 Å². The van der Waals surface area contributed by atoms with E-state index < -0.39 is 0 Å². The highest BCUT2D eigenvalue weighted by atomic mass is 32.1. The van der Waals surface area contributed by atoms with Gasteiger partial charge in [-0.3, -0.25) is 0 Å². The van der Waals surface area contributed by atoms with Crippen molar-refractivity contribution in [2.24, 2.45) is 0 Å². The zero-order valence-corrected chi connectivity index (χ0v) is 17.3. The first-order valence-electron chi connectivity index (χ1n) is 10.3. The molecular formula is C24H23N3O2S. The maximum atomic E-state index is 9.79. The van der Waals surface area contributed by atoms with E-state index in [1.807, 2.05) is 48.5 Å². The highest BCUT2D eigenvalue weighted by Gasteiger charge is 2.24. The highest BCUT2D eigenvalue weighted by molar-refractivity contribution is 7.22. The summed E-state index contributed by atoms with van der Waals surface area (Å²) in [5.74, 6) is 1.79. The quantitative estimate of drug-likeness (QED) is 0.402. The fourth-order valence-electron chi connectivity index (χ4n) is 3.95. The first-order chi connectivity index (χ1) is 14.7. The van der Waals surface area contributed by atoms with Crippen LogP contribution >= 0.6 is 11.3 Å². The molecule has 152 valence electrons. The third-order valence-corrected chi connectivity index (χ3v) is 6.50. The molecule has 2 aromatic carbocycles. The van der Waals surface area contributed by atoms with E-state index in [9.17, 15) is 5.11 Å². The molecule has 2 aromatic heterocycles. The molecule has 5 rings (SSSR count). The molecule has 0 aliphatic heterocycles. The van der Waals surface area contributed by atoms with Gasteiger partial charge in [0.2, 0.25) is 5.88 Å². The van der Waals surface area contributed by atoms with E-state index in [0.717, 1.165) is 58.0 Å². The summed E-state index contributed by atoms with van der Waals surface area (Å²) in [7, 11) is 0. The summed E-state index contributed by atoms with van der Waals surface area (Å²) in [5.41, 5.74) is 3.09. The van der Waals surface area contributed by atoms with Crippen LogP contribution in [-0.2, 0) is 0 Å². The van der Waals surface area contributed by atoms with Crippen LogP contribution in [0.15, 0.2) is 66.9 Å². The van der Waals surface area contributed by atoms with Crippen LogP contribution in [0.2, 0.25) is 0 Å². The number of aromatic nitrogens is 2. The molecule has 0 spiro atoms. The second-order valence-corrected chi connectivity index (χ2v) is 8.67. The SMILES string of the molecule is OC1CCC(c2cccnc2Oc2ccc(Nc3nc4ccccc4s3)cc2)CC1. The fourth-order valence-corrected chi connectivity index (χ4v) is 4.84. The Morgan fingerprint density at radius 1 is 0.933 bits per heavy atom. The zero-order chi connectivity index (χ0) is 20.3. The minimum absolute atomic E-state index is 0.169. The number of ether oxygens (including phenoxy) is 1. The lowest BCUT2D eigenvalue weighted by molar-refractivity contribution is 0.122. The Hall–Kier alpha value is -2.96. The lowest BCUT2D eigenvalue weighted by Gasteiger charge is -2.26. The third-order valence-electron chi connectivity index (χ3n) is 5.55. The van der Waals surface area contributed by atoms with Crippen molar-refractivity contribution in [2.45, 2.75) is 37.7 Å². The van der Waals surface area contributed by atoms with Crippen LogP contribution in [0.4, 0.5) is 10.8 Å². The summed E-state index contributed by atoms with van der Waals surface area (Å²) in [6.45, 7) is 0. The van der Waals surface area contributed by atoms with Crippen LogP contribution < -0.4 is 10.1 Å². The van der Waals surface area contributed by atoms with Crippen molar-refractivity contribution >= 4 is 32.4 Å². The van der Waals surface area contributed by atoms with E-state index in [-0.39, 0.29) is 6.10 Å². The summed E-state index contributed by atoms with van der Waals surface area (Å²) in [6.07, 6.45) is 5.20. The van der Waals surface area contributed by atoms with Crippen LogP contribution in [0.1, 0.15) is 37.2 Å². The number of aliphatic hydroxyl groups excluding tert-OH is 1. The van der Waals surface area contributed by atoms with Gasteiger partial charge in [-0.2, -0.15) is 0 Å². The highest BCUT2D eigenvalue weighted by Crippen LogP contribution is 2.38. The molecule has 0 radical (unpaired) electrons. The van der Waals surface area contributed by atoms with Crippen LogP contribution in [0.5, 0.6) is 11.6 Å². The molecule has 5 nitrogen and oxygen atoms in total. The Morgan fingerprint density at radius 3 is 2.53 bits per heavy atom. The van der Waals surface area contributed by atoms with E-state index in [1.165, 1.54) is 0 Å². The second kappa shape index (κ2) is 8.42. The monoisotopic (exact) mass is 417 g/mol. The van der Waals surface area contributed by atoms with Gasteiger partial charge in [-0.1, -0.05) is 29.5 Å². The molecule has 2 N–H and O–H groups in total. The number of thiazole rings is 1. The molecule has 0 amide bonds. The van der Waals surface area contributed by atoms with Gasteiger partial charge < -0.3 is 15.2 Å². The predicted molar refractivity (Wildman–Crippen MR) is 121 cm³/mol. The second-order valence-electron chi connectivity index (χ2n) is 7.64. The molecule has 0 saturated heterocycles. The van der Waals surface area contributed by atoms with E-state index in [2.05, 4.69) is 27.4 Å². The molecule has 4 aromatic rings.